The van der Waals surface area contributed by atoms with E-state index in [0.29, 0.717) is 11.1 Å². The Kier molecular flexibility index (Phi) is 3.29. The van der Waals surface area contributed by atoms with Gasteiger partial charge in [0.15, 0.2) is 0 Å². The van der Waals surface area contributed by atoms with Gasteiger partial charge in [0.25, 0.3) is 0 Å². The van der Waals surface area contributed by atoms with Gasteiger partial charge in [-0.15, -0.1) is 0 Å². The number of hydrogen-bond acceptors (Lipinski definition) is 3. The van der Waals surface area contributed by atoms with Gasteiger partial charge in [-0.3, -0.25) is 0 Å². The van der Waals surface area contributed by atoms with E-state index in [1.165, 1.54) is 0 Å². The maximum Gasteiger partial charge on any atom is 0.228 e. The first-order chi connectivity index (χ1) is 8.08. The summed E-state index contributed by atoms with van der Waals surface area (Å²) in [7, 11) is 0. The number of para-hydroxylation sites is 1. The van der Waals surface area contributed by atoms with Gasteiger partial charge in [-0.05, 0) is 32.4 Å². The van der Waals surface area contributed by atoms with Crippen LogP contribution in [0.3, 0.4) is 0 Å². The number of hydrogen-bond donors (Lipinski definition) is 1. The van der Waals surface area contributed by atoms with Gasteiger partial charge in [-0.1, -0.05) is 29.8 Å². The third kappa shape index (κ3) is 2.56. The number of halogens is 1. The van der Waals surface area contributed by atoms with Crippen LogP contribution >= 0.6 is 11.6 Å². The van der Waals surface area contributed by atoms with E-state index >= 15 is 0 Å². The summed E-state index contributed by atoms with van der Waals surface area (Å²) in [5.74, 6) is 0.535. The second-order valence-corrected chi connectivity index (χ2v) is 4.35. The van der Waals surface area contributed by atoms with Crippen molar-refractivity contribution in [3.8, 4) is 0 Å². The van der Waals surface area contributed by atoms with Crippen molar-refractivity contribution >= 4 is 23.2 Å². The predicted octanol–water partition coefficient (Wildman–Crippen LogP) is 3.80. The van der Waals surface area contributed by atoms with Crippen LogP contribution in [0.1, 0.15) is 16.8 Å². The molecular formula is C13H14ClN3. The summed E-state index contributed by atoms with van der Waals surface area (Å²) in [6.07, 6.45) is 0. The van der Waals surface area contributed by atoms with Gasteiger partial charge in [0, 0.05) is 16.9 Å². The molecule has 1 aromatic heterocycles. The molecule has 3 nitrogen and oxygen atoms in total. The minimum Gasteiger partial charge on any atom is -0.324 e. The van der Waals surface area contributed by atoms with Gasteiger partial charge in [0.2, 0.25) is 5.95 Å². The number of aromatic nitrogens is 2. The molecule has 0 aliphatic carbocycles. The number of aryl methyl sites for hydroxylation is 2. The van der Waals surface area contributed by atoms with E-state index in [9.17, 15) is 0 Å². The summed E-state index contributed by atoms with van der Waals surface area (Å²) in [6, 6.07) is 7.99. The SMILES string of the molecule is Cc1ccccc1Nc1nc(C)c(C)c(Cl)n1. The molecule has 0 fully saturated rings. The first-order valence-corrected chi connectivity index (χ1v) is 5.79. The molecule has 1 heterocycles. The van der Waals surface area contributed by atoms with Crippen LogP contribution in [0, 0.1) is 20.8 Å². The first-order valence-electron chi connectivity index (χ1n) is 5.41. The van der Waals surface area contributed by atoms with Crippen molar-refractivity contribution in [1.29, 1.82) is 0 Å². The standard InChI is InChI=1S/C13H14ClN3/c1-8-6-4-5-7-11(8)16-13-15-10(3)9(2)12(14)17-13/h4-7H,1-3H3,(H,15,16,17). The molecule has 0 bridgehead atoms. The Morgan fingerprint density at radius 1 is 1.06 bits per heavy atom. The Bertz CT molecular complexity index is 529. The lowest BCUT2D eigenvalue weighted by atomic mass is 10.2. The fraction of sp³-hybridized carbons (Fsp3) is 0.231. The second-order valence-electron chi connectivity index (χ2n) is 3.99. The number of rotatable bonds is 2. The van der Waals surface area contributed by atoms with Crippen LogP contribution in [0.4, 0.5) is 11.6 Å². The molecule has 0 saturated heterocycles. The van der Waals surface area contributed by atoms with Crippen molar-refractivity contribution in [3.05, 3.63) is 46.2 Å². The van der Waals surface area contributed by atoms with Crippen molar-refractivity contribution in [2.24, 2.45) is 0 Å². The van der Waals surface area contributed by atoms with Crippen molar-refractivity contribution in [2.75, 3.05) is 5.32 Å². The van der Waals surface area contributed by atoms with Crippen LogP contribution in [-0.2, 0) is 0 Å². The molecule has 0 aliphatic heterocycles. The normalized spacial score (nSPS) is 10.4. The molecule has 2 rings (SSSR count). The third-order valence-corrected chi connectivity index (χ3v) is 3.09. The maximum absolute atomic E-state index is 6.03. The zero-order valence-electron chi connectivity index (χ0n) is 10.1. The summed E-state index contributed by atoms with van der Waals surface area (Å²) < 4.78 is 0. The van der Waals surface area contributed by atoms with Crippen molar-refractivity contribution in [1.82, 2.24) is 9.97 Å². The molecule has 17 heavy (non-hydrogen) atoms. The maximum atomic E-state index is 6.03. The van der Waals surface area contributed by atoms with E-state index < -0.39 is 0 Å². The average Bonchev–Trinajstić information content (AvgIpc) is 2.29. The molecule has 2 aromatic rings. The molecule has 1 aromatic carbocycles. The van der Waals surface area contributed by atoms with E-state index in [1.54, 1.807) is 0 Å². The minimum atomic E-state index is 0.494. The quantitative estimate of drug-likeness (QED) is 0.821. The topological polar surface area (TPSA) is 37.8 Å². The molecular weight excluding hydrogens is 234 g/mol. The van der Waals surface area contributed by atoms with Gasteiger partial charge in [-0.2, -0.15) is 0 Å². The molecule has 0 unspecified atom stereocenters. The zero-order chi connectivity index (χ0) is 12.4. The van der Waals surface area contributed by atoms with Crippen LogP contribution in [0.15, 0.2) is 24.3 Å². The Hall–Kier alpha value is -1.61. The molecule has 0 atom stereocenters. The van der Waals surface area contributed by atoms with Gasteiger partial charge >= 0.3 is 0 Å². The monoisotopic (exact) mass is 247 g/mol. The smallest absolute Gasteiger partial charge is 0.228 e. The van der Waals surface area contributed by atoms with Gasteiger partial charge in [-0.25, -0.2) is 9.97 Å². The lowest BCUT2D eigenvalue weighted by Gasteiger charge is -2.10. The highest BCUT2D eigenvalue weighted by Crippen LogP contribution is 2.21. The summed E-state index contributed by atoms with van der Waals surface area (Å²) in [5, 5.41) is 3.67. The van der Waals surface area contributed by atoms with Crippen LogP contribution in [-0.4, -0.2) is 9.97 Å². The molecule has 0 spiro atoms. The first kappa shape index (κ1) is 11.9. The van der Waals surface area contributed by atoms with E-state index in [1.807, 2.05) is 45.0 Å². The zero-order valence-corrected chi connectivity index (χ0v) is 10.8. The summed E-state index contributed by atoms with van der Waals surface area (Å²) in [6.45, 7) is 5.87. The van der Waals surface area contributed by atoms with Crippen LogP contribution < -0.4 is 5.32 Å². The van der Waals surface area contributed by atoms with Gasteiger partial charge in [0.1, 0.15) is 5.15 Å². The highest BCUT2D eigenvalue weighted by molar-refractivity contribution is 6.30. The van der Waals surface area contributed by atoms with E-state index in [0.717, 1.165) is 22.5 Å². The molecule has 0 aliphatic rings. The molecule has 0 amide bonds. The van der Waals surface area contributed by atoms with Crippen molar-refractivity contribution in [2.45, 2.75) is 20.8 Å². The minimum absolute atomic E-state index is 0.494. The van der Waals surface area contributed by atoms with Crippen LogP contribution in [0.2, 0.25) is 5.15 Å². The van der Waals surface area contributed by atoms with Crippen molar-refractivity contribution < 1.29 is 0 Å². The number of benzene rings is 1. The fourth-order valence-corrected chi connectivity index (χ4v) is 1.70. The molecule has 4 heteroatoms. The third-order valence-electron chi connectivity index (χ3n) is 2.72. The Morgan fingerprint density at radius 3 is 2.41 bits per heavy atom. The second kappa shape index (κ2) is 4.72. The van der Waals surface area contributed by atoms with Gasteiger partial charge < -0.3 is 5.32 Å². The highest BCUT2D eigenvalue weighted by Gasteiger charge is 2.06. The summed E-state index contributed by atoms with van der Waals surface area (Å²) in [5.41, 5.74) is 3.94. The molecule has 0 saturated carbocycles. The Labute approximate surface area is 106 Å². The fourth-order valence-electron chi connectivity index (χ4n) is 1.48. The average molecular weight is 248 g/mol. The molecule has 0 radical (unpaired) electrons. The summed E-state index contributed by atoms with van der Waals surface area (Å²) >= 11 is 6.03. The lowest BCUT2D eigenvalue weighted by molar-refractivity contribution is 1.07. The van der Waals surface area contributed by atoms with Crippen molar-refractivity contribution in [3.63, 3.8) is 0 Å². The van der Waals surface area contributed by atoms with Gasteiger partial charge in [0.05, 0.1) is 0 Å². The number of nitrogens with zero attached hydrogens (tertiary/aromatic N) is 2. The molecule has 88 valence electrons. The van der Waals surface area contributed by atoms with E-state index in [-0.39, 0.29) is 0 Å². The highest BCUT2D eigenvalue weighted by atomic mass is 35.5. The van der Waals surface area contributed by atoms with E-state index in [2.05, 4.69) is 15.3 Å². The Balaban J connectivity index is 2.34. The largest absolute Gasteiger partial charge is 0.324 e. The molecule has 1 N–H and O–H groups in total. The van der Waals surface area contributed by atoms with E-state index in [4.69, 9.17) is 11.6 Å². The number of anilines is 2. The van der Waals surface area contributed by atoms with Crippen LogP contribution in [0.25, 0.3) is 0 Å². The number of nitrogens with one attached hydrogen (secondary N) is 1. The summed E-state index contributed by atoms with van der Waals surface area (Å²) in [4.78, 5) is 8.58. The van der Waals surface area contributed by atoms with Crippen LogP contribution in [0.5, 0.6) is 0 Å². The Morgan fingerprint density at radius 2 is 1.76 bits per heavy atom. The predicted molar refractivity (Wildman–Crippen MR) is 71.0 cm³/mol. The lowest BCUT2D eigenvalue weighted by Crippen LogP contribution is -2.02.